The second kappa shape index (κ2) is 5.91. The number of nitrogens with zero attached hydrogens (tertiary/aromatic N) is 1. The Morgan fingerprint density at radius 1 is 1.26 bits per heavy atom. The Bertz CT molecular complexity index is 817. The Morgan fingerprint density at radius 3 is 2.48 bits per heavy atom. The maximum absolute atomic E-state index is 12.8. The molecule has 1 amide bonds. The molecule has 2 rings (SSSR count). The van der Waals surface area contributed by atoms with Gasteiger partial charge in [0.1, 0.15) is 0 Å². The molecule has 0 bridgehead atoms. The van der Waals surface area contributed by atoms with Crippen LogP contribution in [0, 0.1) is 0 Å². The van der Waals surface area contributed by atoms with Crippen LogP contribution in [0.15, 0.2) is 30.6 Å². The van der Waals surface area contributed by atoms with Gasteiger partial charge in [-0.25, -0.2) is 8.42 Å². The highest BCUT2D eigenvalue weighted by Gasteiger charge is 2.31. The monoisotopic (exact) mass is 348 g/mol. The van der Waals surface area contributed by atoms with Crippen molar-refractivity contribution in [2.24, 2.45) is 0 Å². The van der Waals surface area contributed by atoms with Crippen LogP contribution in [0.25, 0.3) is 0 Å². The van der Waals surface area contributed by atoms with Crippen molar-refractivity contribution in [1.29, 1.82) is 0 Å². The number of carbonyl (C=O) groups excluding carboxylic acids is 1. The Hall–Kier alpha value is -2.56. The van der Waals surface area contributed by atoms with Crippen LogP contribution in [-0.2, 0) is 16.2 Å². The number of hydrogen-bond donors (Lipinski definition) is 3. The van der Waals surface area contributed by atoms with Gasteiger partial charge in [0.05, 0.1) is 35.0 Å². The number of aromatic nitrogens is 2. The molecule has 11 heteroatoms. The summed E-state index contributed by atoms with van der Waals surface area (Å²) in [5, 5.41) is 8.15. The summed E-state index contributed by atoms with van der Waals surface area (Å²) >= 11 is 0. The van der Waals surface area contributed by atoms with Crippen LogP contribution >= 0.6 is 0 Å². The van der Waals surface area contributed by atoms with E-state index in [0.29, 0.717) is 12.1 Å². The highest BCUT2D eigenvalue weighted by Crippen LogP contribution is 2.34. The molecule has 124 valence electrons. The lowest BCUT2D eigenvalue weighted by atomic mass is 10.1. The molecule has 7 nitrogen and oxygen atoms in total. The van der Waals surface area contributed by atoms with Gasteiger partial charge in [0.25, 0.3) is 5.91 Å². The number of halogens is 3. The number of carbonyl (C=O) groups is 1. The van der Waals surface area contributed by atoms with Gasteiger partial charge in [-0.1, -0.05) is 0 Å². The largest absolute Gasteiger partial charge is 0.416 e. The van der Waals surface area contributed by atoms with Gasteiger partial charge in [-0.15, -0.1) is 0 Å². The summed E-state index contributed by atoms with van der Waals surface area (Å²) in [5.74, 6) is -0.741. The van der Waals surface area contributed by atoms with Gasteiger partial charge in [-0.2, -0.15) is 18.3 Å². The van der Waals surface area contributed by atoms with Crippen LogP contribution in [0.4, 0.5) is 24.5 Å². The van der Waals surface area contributed by atoms with Crippen molar-refractivity contribution >= 4 is 27.3 Å². The Labute approximate surface area is 128 Å². The quantitative estimate of drug-likeness (QED) is 0.786. The van der Waals surface area contributed by atoms with Crippen LogP contribution < -0.4 is 10.0 Å². The SMILES string of the molecule is CS(=O)(=O)Nc1ccc(C(F)(F)F)cc1NC(=O)c1cn[nH]c1. The first-order chi connectivity index (χ1) is 10.6. The predicted octanol–water partition coefficient (Wildman–Crippen LogP) is 2.05. The first kappa shape index (κ1) is 16.8. The van der Waals surface area contributed by atoms with Crippen LogP contribution in [0.1, 0.15) is 15.9 Å². The molecule has 1 aromatic carbocycles. The first-order valence-corrected chi connectivity index (χ1v) is 7.94. The molecule has 0 spiro atoms. The molecule has 2 aromatic rings. The van der Waals surface area contributed by atoms with E-state index < -0.39 is 27.7 Å². The number of amides is 1. The number of H-pyrrole nitrogens is 1. The van der Waals surface area contributed by atoms with E-state index in [1.54, 1.807) is 0 Å². The molecule has 1 aromatic heterocycles. The first-order valence-electron chi connectivity index (χ1n) is 6.05. The van der Waals surface area contributed by atoms with Gasteiger partial charge >= 0.3 is 6.18 Å². The third kappa shape index (κ3) is 4.45. The lowest BCUT2D eigenvalue weighted by Gasteiger charge is -2.14. The minimum absolute atomic E-state index is 0.0766. The lowest BCUT2D eigenvalue weighted by Crippen LogP contribution is -2.17. The number of nitrogens with one attached hydrogen (secondary N) is 3. The molecular weight excluding hydrogens is 337 g/mol. The maximum Gasteiger partial charge on any atom is 0.416 e. The summed E-state index contributed by atoms with van der Waals surface area (Å²) < 4.78 is 63.0. The standard InChI is InChI=1S/C12H11F3N4O3S/c1-23(21,22)19-9-3-2-8(12(13,14)15)4-10(9)18-11(20)7-5-16-17-6-7/h2-6,19H,1H3,(H,16,17)(H,18,20). The Kier molecular flexibility index (Phi) is 4.32. The Morgan fingerprint density at radius 2 is 1.96 bits per heavy atom. The third-order valence-corrected chi connectivity index (χ3v) is 3.24. The van der Waals surface area contributed by atoms with Crippen molar-refractivity contribution in [3.63, 3.8) is 0 Å². The molecule has 3 N–H and O–H groups in total. The van der Waals surface area contributed by atoms with Crippen molar-refractivity contribution in [3.8, 4) is 0 Å². The van der Waals surface area contributed by atoms with Crippen LogP contribution in [0.2, 0.25) is 0 Å². The van der Waals surface area contributed by atoms with E-state index in [0.717, 1.165) is 12.3 Å². The number of rotatable bonds is 4. The molecule has 0 atom stereocenters. The van der Waals surface area contributed by atoms with Gasteiger partial charge < -0.3 is 5.32 Å². The molecule has 0 fully saturated rings. The molecular formula is C12H11F3N4O3S. The summed E-state index contributed by atoms with van der Waals surface area (Å²) in [5.41, 5.74) is -1.46. The number of aromatic amines is 1. The molecule has 0 aliphatic heterocycles. The maximum atomic E-state index is 12.8. The molecule has 0 radical (unpaired) electrons. The average molecular weight is 348 g/mol. The lowest BCUT2D eigenvalue weighted by molar-refractivity contribution is -0.137. The molecule has 0 saturated heterocycles. The molecule has 23 heavy (non-hydrogen) atoms. The number of benzene rings is 1. The summed E-state index contributed by atoms with van der Waals surface area (Å²) in [7, 11) is -3.74. The van der Waals surface area contributed by atoms with E-state index in [-0.39, 0.29) is 16.9 Å². The number of sulfonamides is 1. The van der Waals surface area contributed by atoms with Gasteiger partial charge in [0.15, 0.2) is 0 Å². The van der Waals surface area contributed by atoms with Crippen LogP contribution in [0.3, 0.4) is 0 Å². The van der Waals surface area contributed by atoms with Crippen molar-refractivity contribution < 1.29 is 26.4 Å². The fourth-order valence-corrected chi connectivity index (χ4v) is 2.26. The smallest absolute Gasteiger partial charge is 0.320 e. The number of alkyl halides is 3. The van der Waals surface area contributed by atoms with E-state index in [9.17, 15) is 26.4 Å². The summed E-state index contributed by atoms with van der Waals surface area (Å²) in [6, 6.07) is 2.28. The predicted molar refractivity (Wildman–Crippen MR) is 76.5 cm³/mol. The van der Waals surface area contributed by atoms with Gasteiger partial charge in [-0.05, 0) is 18.2 Å². The topological polar surface area (TPSA) is 104 Å². The van der Waals surface area contributed by atoms with Crippen LogP contribution in [0.5, 0.6) is 0 Å². The molecule has 0 aliphatic carbocycles. The molecule has 0 saturated carbocycles. The van der Waals surface area contributed by atoms with E-state index in [4.69, 9.17) is 0 Å². The number of anilines is 2. The average Bonchev–Trinajstić information content (AvgIpc) is 2.91. The van der Waals surface area contributed by atoms with E-state index >= 15 is 0 Å². The summed E-state index contributed by atoms with van der Waals surface area (Å²) in [4.78, 5) is 11.9. The fourth-order valence-electron chi connectivity index (χ4n) is 1.68. The summed E-state index contributed by atoms with van der Waals surface area (Å²) in [6.45, 7) is 0. The minimum Gasteiger partial charge on any atom is -0.320 e. The van der Waals surface area contributed by atoms with Gasteiger partial charge in [0.2, 0.25) is 10.0 Å². The van der Waals surface area contributed by atoms with Crippen molar-refractivity contribution in [3.05, 3.63) is 41.7 Å². The second-order valence-corrected chi connectivity index (χ2v) is 6.32. The van der Waals surface area contributed by atoms with Gasteiger partial charge in [-0.3, -0.25) is 14.6 Å². The highest BCUT2D eigenvalue weighted by atomic mass is 32.2. The van der Waals surface area contributed by atoms with Crippen molar-refractivity contribution in [1.82, 2.24) is 10.2 Å². The van der Waals surface area contributed by atoms with Crippen LogP contribution in [-0.4, -0.2) is 30.8 Å². The summed E-state index contributed by atoms with van der Waals surface area (Å²) in [6.07, 6.45) is -1.38. The molecule has 1 heterocycles. The highest BCUT2D eigenvalue weighted by molar-refractivity contribution is 7.92. The molecule has 0 aliphatic rings. The minimum atomic E-state index is -4.64. The fraction of sp³-hybridized carbons (Fsp3) is 0.167. The zero-order chi connectivity index (χ0) is 17.3. The van der Waals surface area contributed by atoms with E-state index in [1.165, 1.54) is 12.4 Å². The van der Waals surface area contributed by atoms with Crippen molar-refractivity contribution in [2.45, 2.75) is 6.18 Å². The third-order valence-electron chi connectivity index (χ3n) is 2.65. The van der Waals surface area contributed by atoms with Crippen molar-refractivity contribution in [2.75, 3.05) is 16.3 Å². The zero-order valence-corrected chi connectivity index (χ0v) is 12.4. The Balaban J connectivity index is 2.41. The second-order valence-electron chi connectivity index (χ2n) is 4.57. The van der Waals surface area contributed by atoms with Gasteiger partial charge in [0, 0.05) is 6.20 Å². The molecule has 0 unspecified atom stereocenters. The number of hydrogen-bond acceptors (Lipinski definition) is 4. The van der Waals surface area contributed by atoms with E-state index in [2.05, 4.69) is 15.5 Å². The van der Waals surface area contributed by atoms with E-state index in [1.807, 2.05) is 4.72 Å². The zero-order valence-electron chi connectivity index (χ0n) is 11.6. The normalized spacial score (nSPS) is 12.0.